The van der Waals surface area contributed by atoms with E-state index in [9.17, 15) is 0 Å². The van der Waals surface area contributed by atoms with E-state index in [0.29, 0.717) is 11.3 Å². The molecule has 0 aromatic rings. The third-order valence-electron chi connectivity index (χ3n) is 3.13. The van der Waals surface area contributed by atoms with E-state index in [4.69, 9.17) is 4.74 Å². The lowest BCUT2D eigenvalue weighted by Gasteiger charge is -2.34. The lowest BCUT2D eigenvalue weighted by atomic mass is 9.81. The monoisotopic (exact) mass is 247 g/mol. The third-order valence-corrected chi connectivity index (χ3v) is 3.57. The molecule has 3 heteroatoms. The smallest absolute Gasteiger partial charge is 0.0593 e. The number of hydrogen-bond acceptors (Lipinski definition) is 3. The molecule has 0 aromatic carbocycles. The summed E-state index contributed by atoms with van der Waals surface area (Å²) in [6.07, 6.45) is 0. The van der Waals surface area contributed by atoms with Crippen molar-refractivity contribution in [2.24, 2.45) is 11.3 Å². The molecule has 2 nitrogen and oxygen atoms in total. The molecular weight excluding hydrogens is 218 g/mol. The molecule has 0 rings (SSSR count). The second-order valence-corrected chi connectivity index (χ2v) is 5.70. The van der Waals surface area contributed by atoms with Crippen LogP contribution in [0.1, 0.15) is 34.6 Å². The van der Waals surface area contributed by atoms with Gasteiger partial charge in [0.2, 0.25) is 0 Å². The van der Waals surface area contributed by atoms with Crippen molar-refractivity contribution in [2.45, 2.75) is 34.6 Å². The highest BCUT2D eigenvalue weighted by Crippen LogP contribution is 2.27. The van der Waals surface area contributed by atoms with Crippen LogP contribution in [0.2, 0.25) is 0 Å². The Bertz CT molecular complexity index is 168. The fourth-order valence-electron chi connectivity index (χ4n) is 1.63. The average molecular weight is 247 g/mol. The first kappa shape index (κ1) is 16.3. The van der Waals surface area contributed by atoms with Crippen LogP contribution in [0.15, 0.2) is 0 Å². The van der Waals surface area contributed by atoms with Crippen molar-refractivity contribution in [3.8, 4) is 0 Å². The lowest BCUT2D eigenvalue weighted by molar-refractivity contribution is 0.0972. The van der Waals surface area contributed by atoms with E-state index >= 15 is 0 Å². The molecule has 0 saturated heterocycles. The first-order chi connectivity index (χ1) is 7.45. The maximum atomic E-state index is 5.41. The van der Waals surface area contributed by atoms with Crippen molar-refractivity contribution < 1.29 is 4.74 Å². The fraction of sp³-hybridized carbons (Fsp3) is 1.00. The van der Waals surface area contributed by atoms with E-state index < -0.39 is 0 Å². The standard InChI is InChI=1S/C13H29NOS/c1-6-14(8-9-15-7-2)10-12(11-16)13(3,4)5/h12,16H,6-11H2,1-5H3. The fourth-order valence-corrected chi connectivity index (χ4v) is 2.30. The van der Waals surface area contributed by atoms with E-state index in [1.165, 1.54) is 0 Å². The molecule has 0 heterocycles. The Balaban J connectivity index is 4.07. The first-order valence-electron chi connectivity index (χ1n) is 6.36. The van der Waals surface area contributed by atoms with Crippen LogP contribution in [0.25, 0.3) is 0 Å². The van der Waals surface area contributed by atoms with Gasteiger partial charge in [-0.1, -0.05) is 27.7 Å². The van der Waals surface area contributed by atoms with Crippen molar-refractivity contribution in [1.82, 2.24) is 4.90 Å². The zero-order valence-electron chi connectivity index (χ0n) is 11.6. The molecular formula is C13H29NOS. The van der Waals surface area contributed by atoms with Gasteiger partial charge in [-0.05, 0) is 30.6 Å². The third kappa shape index (κ3) is 6.77. The number of rotatable bonds is 8. The molecule has 0 bridgehead atoms. The Morgan fingerprint density at radius 2 is 1.88 bits per heavy atom. The molecule has 98 valence electrons. The summed E-state index contributed by atoms with van der Waals surface area (Å²) in [4.78, 5) is 2.46. The minimum atomic E-state index is 0.334. The van der Waals surface area contributed by atoms with Crippen LogP contribution in [0.4, 0.5) is 0 Å². The van der Waals surface area contributed by atoms with Gasteiger partial charge in [0.25, 0.3) is 0 Å². The summed E-state index contributed by atoms with van der Waals surface area (Å²) in [6, 6.07) is 0. The van der Waals surface area contributed by atoms with Crippen LogP contribution in [0, 0.1) is 11.3 Å². The summed E-state index contributed by atoms with van der Waals surface area (Å²) in [5.41, 5.74) is 0.334. The van der Waals surface area contributed by atoms with Crippen molar-refractivity contribution in [3.05, 3.63) is 0 Å². The molecule has 0 aromatic heterocycles. The minimum Gasteiger partial charge on any atom is -0.380 e. The SMILES string of the molecule is CCOCCN(CC)CC(CS)C(C)(C)C. The van der Waals surface area contributed by atoms with Gasteiger partial charge < -0.3 is 9.64 Å². The van der Waals surface area contributed by atoms with Gasteiger partial charge in [-0.3, -0.25) is 0 Å². The van der Waals surface area contributed by atoms with Crippen LogP contribution < -0.4 is 0 Å². The topological polar surface area (TPSA) is 12.5 Å². The summed E-state index contributed by atoms with van der Waals surface area (Å²) in [6.45, 7) is 16.0. The van der Waals surface area contributed by atoms with Crippen molar-refractivity contribution >= 4 is 12.6 Å². The van der Waals surface area contributed by atoms with Gasteiger partial charge in [0.05, 0.1) is 6.61 Å². The Morgan fingerprint density at radius 1 is 1.25 bits per heavy atom. The first-order valence-corrected chi connectivity index (χ1v) is 6.99. The molecule has 0 amide bonds. The molecule has 0 aliphatic rings. The number of nitrogens with zero attached hydrogens (tertiary/aromatic N) is 1. The van der Waals surface area contributed by atoms with E-state index in [0.717, 1.165) is 38.6 Å². The molecule has 0 spiro atoms. The molecule has 1 atom stereocenters. The average Bonchev–Trinajstić information content (AvgIpc) is 2.21. The molecule has 0 saturated carbocycles. The van der Waals surface area contributed by atoms with Gasteiger partial charge in [-0.15, -0.1) is 0 Å². The molecule has 1 unspecified atom stereocenters. The predicted molar refractivity (Wildman–Crippen MR) is 75.4 cm³/mol. The normalized spacial score (nSPS) is 14.4. The van der Waals surface area contributed by atoms with Crippen molar-refractivity contribution in [2.75, 3.05) is 38.6 Å². The summed E-state index contributed by atoms with van der Waals surface area (Å²) >= 11 is 4.47. The predicted octanol–water partition coefficient (Wildman–Crippen LogP) is 2.94. The van der Waals surface area contributed by atoms with Crippen LogP contribution in [-0.4, -0.2) is 43.5 Å². The highest BCUT2D eigenvalue weighted by Gasteiger charge is 2.24. The van der Waals surface area contributed by atoms with Gasteiger partial charge in [-0.2, -0.15) is 12.6 Å². The van der Waals surface area contributed by atoms with Crippen LogP contribution >= 0.6 is 12.6 Å². The Kier molecular flexibility index (Phi) is 8.52. The van der Waals surface area contributed by atoms with Crippen LogP contribution in [-0.2, 0) is 4.74 Å². The van der Waals surface area contributed by atoms with Crippen molar-refractivity contribution in [1.29, 1.82) is 0 Å². The molecule has 0 radical (unpaired) electrons. The second kappa shape index (κ2) is 8.37. The maximum Gasteiger partial charge on any atom is 0.0593 e. The number of ether oxygens (including phenoxy) is 1. The summed E-state index contributed by atoms with van der Waals surface area (Å²) in [7, 11) is 0. The van der Waals surface area contributed by atoms with Gasteiger partial charge in [-0.25, -0.2) is 0 Å². The molecule has 0 aliphatic carbocycles. The largest absolute Gasteiger partial charge is 0.380 e. The van der Waals surface area contributed by atoms with E-state index in [1.54, 1.807) is 0 Å². The van der Waals surface area contributed by atoms with Gasteiger partial charge in [0, 0.05) is 19.7 Å². The quantitative estimate of drug-likeness (QED) is 0.523. The maximum absolute atomic E-state index is 5.41. The Labute approximate surface area is 107 Å². The van der Waals surface area contributed by atoms with E-state index in [-0.39, 0.29) is 0 Å². The minimum absolute atomic E-state index is 0.334. The molecule has 0 fully saturated rings. The zero-order valence-corrected chi connectivity index (χ0v) is 12.5. The van der Waals surface area contributed by atoms with Crippen LogP contribution in [0.3, 0.4) is 0 Å². The molecule has 0 aliphatic heterocycles. The summed E-state index contributed by atoms with van der Waals surface area (Å²) in [5, 5.41) is 0. The Hall–Kier alpha value is 0.270. The highest BCUT2D eigenvalue weighted by molar-refractivity contribution is 7.80. The van der Waals surface area contributed by atoms with Gasteiger partial charge >= 0.3 is 0 Å². The summed E-state index contributed by atoms with van der Waals surface area (Å²) in [5.74, 6) is 1.59. The van der Waals surface area contributed by atoms with Gasteiger partial charge in [0.15, 0.2) is 0 Å². The molecule has 0 N–H and O–H groups in total. The van der Waals surface area contributed by atoms with E-state index in [1.807, 2.05) is 6.92 Å². The molecule has 16 heavy (non-hydrogen) atoms. The van der Waals surface area contributed by atoms with E-state index in [2.05, 4.69) is 45.2 Å². The summed E-state index contributed by atoms with van der Waals surface area (Å²) < 4.78 is 5.41. The lowest BCUT2D eigenvalue weighted by Crippen LogP contribution is -2.38. The second-order valence-electron chi connectivity index (χ2n) is 5.34. The van der Waals surface area contributed by atoms with Gasteiger partial charge in [0.1, 0.15) is 0 Å². The Morgan fingerprint density at radius 3 is 2.25 bits per heavy atom. The number of likely N-dealkylation sites (N-methyl/N-ethyl adjacent to an activating group) is 1. The number of thiol groups is 1. The van der Waals surface area contributed by atoms with Crippen LogP contribution in [0.5, 0.6) is 0 Å². The number of hydrogen-bond donors (Lipinski definition) is 1. The highest BCUT2D eigenvalue weighted by atomic mass is 32.1. The van der Waals surface area contributed by atoms with Crippen molar-refractivity contribution in [3.63, 3.8) is 0 Å². The zero-order chi connectivity index (χ0) is 12.6.